The number of halogens is 2. The van der Waals surface area contributed by atoms with Crippen LogP contribution in [0.4, 0.5) is 14.5 Å². The largest absolute Gasteiger partial charge is 0.505 e. The number of unbranched alkanes of at least 4 members (excludes halogenated alkanes) is 25. The number of anilines is 1. The summed E-state index contributed by atoms with van der Waals surface area (Å²) in [7, 11) is -4.04. The van der Waals surface area contributed by atoms with E-state index >= 15 is 0 Å². The van der Waals surface area contributed by atoms with E-state index in [4.69, 9.17) is 40.2 Å². The van der Waals surface area contributed by atoms with Crippen LogP contribution in [0.15, 0.2) is 82.0 Å². The van der Waals surface area contributed by atoms with E-state index in [1.807, 2.05) is 0 Å². The average molecular weight is 1410 g/mol. The molecule has 5 N–H and O–H groups in total. The Morgan fingerprint density at radius 2 is 1.10 bits per heavy atom. The van der Waals surface area contributed by atoms with Gasteiger partial charge in [0.1, 0.15) is 29.8 Å². The molecule has 2 aromatic carbocycles. The summed E-state index contributed by atoms with van der Waals surface area (Å²) in [5.74, 6) is -2.79. The normalized spacial score (nSPS) is 12.1. The van der Waals surface area contributed by atoms with E-state index < -0.39 is 30.6 Å². The minimum atomic E-state index is -4.04. The predicted molar refractivity (Wildman–Crippen MR) is 388 cm³/mol. The molecule has 4 rings (SSSR count). The number of phenolic OH excluding ortho intramolecular Hbond substituents is 1. The minimum Gasteiger partial charge on any atom is -0.505 e. The first kappa shape index (κ1) is 87.6. The third kappa shape index (κ3) is 43.1. The number of ether oxygens (including phenoxy) is 2. The Kier molecular flexibility index (Phi) is 50.3. The van der Waals surface area contributed by atoms with Gasteiger partial charge in [0.25, 0.3) is 0 Å². The summed E-state index contributed by atoms with van der Waals surface area (Å²) in [5.41, 5.74) is 1.24. The second-order valence-corrected chi connectivity index (χ2v) is 26.6. The number of rotatable bonds is 53. The molecule has 1 aliphatic carbocycles. The van der Waals surface area contributed by atoms with E-state index in [9.17, 15) is 47.3 Å². The Balaban J connectivity index is 0.000000654. The Labute approximate surface area is 587 Å². The number of amides is 1. The molecule has 18 nitrogen and oxygen atoms in total. The molecule has 0 saturated heterocycles. The number of carbonyl (C=O) groups is 4. The number of allylic oxidation sites excluding steroid dienone is 4. The smallest absolute Gasteiger partial charge is 0.472 e. The van der Waals surface area contributed by atoms with Gasteiger partial charge in [-0.3, -0.25) is 33.0 Å². The van der Waals surface area contributed by atoms with Crippen LogP contribution in [0.5, 0.6) is 5.75 Å². The third-order valence-corrected chi connectivity index (χ3v) is 17.4. The number of Topliss-reactive ketones (excluding diaryl/α,β-unsaturated/α-hetero) is 1. The lowest BCUT2D eigenvalue weighted by Gasteiger charge is -2.16. The molecule has 0 bridgehead atoms. The molecule has 0 radical (unpaired) electrons. The SMILES string of the molecule is CCCCCCCC/C=C\CCCCCCCC(=O)OCC(C)OC(=O)CCCCCCC/C=C\CCCCCCCC.CCOP(=O)(O)OCCCC(=O)CCCCC(=O)NCCCCCNC(=S)Nc1ccc(-c2c3cc(F)c(=O)cc-3oc3cc(O)c(F)cc23)cc1.O=C=O. The van der Waals surface area contributed by atoms with Crippen LogP contribution in [-0.2, 0) is 51.9 Å². The van der Waals surface area contributed by atoms with Crippen molar-refractivity contribution in [3.63, 3.8) is 0 Å². The number of hydrogen-bond donors (Lipinski definition) is 5. The van der Waals surface area contributed by atoms with Gasteiger partial charge in [-0.2, -0.15) is 9.59 Å². The van der Waals surface area contributed by atoms with Crippen LogP contribution in [0.3, 0.4) is 0 Å². The molecule has 2 aliphatic rings. The number of phenols is 1. The maximum absolute atomic E-state index is 14.4. The number of aromatic hydroxyl groups is 1. The number of phosphoric ester groups is 1. The van der Waals surface area contributed by atoms with Crippen LogP contribution in [0.2, 0.25) is 0 Å². The van der Waals surface area contributed by atoms with Crippen molar-refractivity contribution in [1.29, 1.82) is 0 Å². The summed E-state index contributed by atoms with van der Waals surface area (Å²) in [6, 6.07) is 11.3. The van der Waals surface area contributed by atoms with Gasteiger partial charge in [0.2, 0.25) is 11.3 Å². The van der Waals surface area contributed by atoms with Crippen molar-refractivity contribution in [3.8, 4) is 28.2 Å². The zero-order valence-electron chi connectivity index (χ0n) is 59.0. The van der Waals surface area contributed by atoms with Gasteiger partial charge in [0.05, 0.1) is 13.2 Å². The van der Waals surface area contributed by atoms with Crippen LogP contribution >= 0.6 is 20.0 Å². The van der Waals surface area contributed by atoms with Gasteiger partial charge < -0.3 is 39.8 Å². The summed E-state index contributed by atoms with van der Waals surface area (Å²) < 4.78 is 65.9. The Morgan fingerprint density at radius 3 is 1.66 bits per heavy atom. The molecule has 1 amide bonds. The first-order valence-electron chi connectivity index (χ1n) is 36.2. The monoisotopic (exact) mass is 1410 g/mol. The van der Waals surface area contributed by atoms with E-state index in [2.05, 4.69) is 58.6 Å². The van der Waals surface area contributed by atoms with Crippen molar-refractivity contribution >= 4 is 71.6 Å². The van der Waals surface area contributed by atoms with Gasteiger partial charge in [-0.05, 0) is 159 Å². The summed E-state index contributed by atoms with van der Waals surface area (Å²) in [6.07, 6.45) is 47.3. The molecule has 0 spiro atoms. The summed E-state index contributed by atoms with van der Waals surface area (Å²) >= 11 is 5.41. The predicted octanol–water partition coefficient (Wildman–Crippen LogP) is 19.1. The molecule has 2 atom stereocenters. The molecule has 98 heavy (non-hydrogen) atoms. The van der Waals surface area contributed by atoms with Gasteiger partial charge >= 0.3 is 25.9 Å². The van der Waals surface area contributed by atoms with Crippen LogP contribution in [0.1, 0.15) is 265 Å². The van der Waals surface area contributed by atoms with Crippen molar-refractivity contribution in [2.75, 3.05) is 38.2 Å². The first-order valence-corrected chi connectivity index (χ1v) is 38.1. The molecule has 2 aromatic rings. The lowest BCUT2D eigenvalue weighted by molar-refractivity contribution is -0.191. The van der Waals surface area contributed by atoms with Gasteiger partial charge in [0, 0.05) is 79.5 Å². The summed E-state index contributed by atoms with van der Waals surface area (Å²) in [5, 5.41) is 19.7. The summed E-state index contributed by atoms with van der Waals surface area (Å²) in [6.45, 7) is 9.23. The van der Waals surface area contributed by atoms with Crippen LogP contribution in [0.25, 0.3) is 33.4 Å². The van der Waals surface area contributed by atoms with Gasteiger partial charge in [-0.25, -0.2) is 13.3 Å². The van der Waals surface area contributed by atoms with Crippen molar-refractivity contribution in [2.45, 2.75) is 271 Å². The van der Waals surface area contributed by atoms with Crippen LogP contribution in [-0.4, -0.2) is 83.9 Å². The van der Waals surface area contributed by atoms with Gasteiger partial charge in [-0.1, -0.05) is 153 Å². The average Bonchev–Trinajstić information content (AvgIpc) is 0.751. The maximum Gasteiger partial charge on any atom is 0.472 e. The fourth-order valence-electron chi connectivity index (χ4n) is 10.7. The number of fused-ring (bicyclic) bond motifs is 2. The second-order valence-electron chi connectivity index (χ2n) is 24.7. The third-order valence-electron chi connectivity index (χ3n) is 16.1. The molecule has 0 fully saturated rings. The van der Waals surface area contributed by atoms with E-state index in [1.54, 1.807) is 38.1 Å². The number of phosphoric acid groups is 1. The quantitative estimate of drug-likeness (QED) is 0.00687. The van der Waals surface area contributed by atoms with Gasteiger partial charge in [0.15, 0.2) is 22.5 Å². The first-order chi connectivity index (χ1) is 47.4. The van der Waals surface area contributed by atoms with Crippen LogP contribution in [0, 0.1) is 11.6 Å². The molecular weight excluding hydrogens is 1300 g/mol. The lowest BCUT2D eigenvalue weighted by Crippen LogP contribution is -2.29. The topological polar surface area (TPSA) is 263 Å². The van der Waals surface area contributed by atoms with Gasteiger partial charge in [-0.15, -0.1) is 0 Å². The van der Waals surface area contributed by atoms with Crippen molar-refractivity contribution < 1.29 is 75.1 Å². The molecule has 548 valence electrons. The molecule has 0 aromatic heterocycles. The van der Waals surface area contributed by atoms with E-state index in [1.165, 1.54) is 141 Å². The number of benzene rings is 3. The molecule has 1 heterocycles. The van der Waals surface area contributed by atoms with E-state index in [-0.39, 0.29) is 79.0 Å². The fraction of sp³-hybridized carbons (Fsp3) is 0.618. The Morgan fingerprint density at radius 1 is 0.612 bits per heavy atom. The van der Waals surface area contributed by atoms with Crippen molar-refractivity contribution in [1.82, 2.24) is 10.6 Å². The molecule has 2 unspecified atom stereocenters. The minimum absolute atomic E-state index is 0.0131. The number of hydrogen-bond acceptors (Lipinski definition) is 15. The lowest BCUT2D eigenvalue weighted by atomic mass is 9.93. The zero-order valence-corrected chi connectivity index (χ0v) is 60.7. The number of ketones is 1. The summed E-state index contributed by atoms with van der Waals surface area (Å²) in [4.78, 5) is 85.7. The number of carbonyl (C=O) groups excluding carboxylic acids is 6. The number of nitrogens with one attached hydrogen (secondary N) is 3. The highest BCUT2D eigenvalue weighted by Crippen LogP contribution is 2.43. The zero-order chi connectivity index (χ0) is 71.9. The second kappa shape index (κ2) is 56.3. The molecule has 0 saturated carbocycles. The maximum atomic E-state index is 14.4. The standard InChI is InChI=1S/C39H72O4.C36H42F2N3O9PS.CO2/c1-4-6-8-10-12-14-16-18-20-22-24-26-28-30-32-34-38(40)42-36-37(3)43-39(41)35-33-31-29-27-25-23-21-19-17-15-13-11-9-7-5-2;1-2-48-51(46,47)49-18-8-10-25(42)9-4-5-11-34(45)39-16-6-3-7-17-40-36(52)41-24-14-12-23(13-15-24)35-26-19-28(37)30(43)21-32(26)50-33-22-31(44)29(38)20-27(33)35;2-1-3/h18-21,37H,4-17,22-36H2,1-3H3;12-15,19-22,43H,2-11,16-18H2,1H3,(H,39,45)(H,46,47)(H2,40,41,52);/b20-18-,21-19-;;. The molecule has 22 heteroatoms. The molecular formula is C76H114F2N3O15PS. The van der Waals surface area contributed by atoms with E-state index in [0.29, 0.717) is 85.3 Å². The van der Waals surface area contributed by atoms with Crippen molar-refractivity contribution in [2.24, 2.45) is 0 Å². The highest BCUT2D eigenvalue weighted by Gasteiger charge is 2.22. The Hall–Kier alpha value is -6.47. The van der Waals surface area contributed by atoms with Crippen molar-refractivity contribution in [3.05, 3.63) is 94.7 Å². The number of esters is 2. The number of thiocarbonyl (C=S) groups is 1. The van der Waals surface area contributed by atoms with E-state index in [0.717, 1.165) is 69.2 Å². The van der Waals surface area contributed by atoms with Crippen LogP contribution < -0.4 is 21.4 Å². The fourth-order valence-corrected chi connectivity index (χ4v) is 11.7. The Bertz CT molecular complexity index is 3040. The highest BCUT2D eigenvalue weighted by atomic mass is 32.1. The molecule has 1 aliphatic heterocycles. The highest BCUT2D eigenvalue weighted by molar-refractivity contribution is 7.80.